The molecule has 5 nitrogen and oxygen atoms in total. The van der Waals surface area contributed by atoms with Gasteiger partial charge in [0.25, 0.3) is 0 Å². The molecule has 0 radical (unpaired) electrons. The highest BCUT2D eigenvalue weighted by molar-refractivity contribution is 7.15. The molecule has 0 spiro atoms. The van der Waals surface area contributed by atoms with E-state index in [-0.39, 0.29) is 12.3 Å². The van der Waals surface area contributed by atoms with Crippen molar-refractivity contribution in [1.29, 1.82) is 0 Å². The first-order valence-electron chi connectivity index (χ1n) is 8.70. The monoisotopic (exact) mass is 416 g/mol. The first-order chi connectivity index (χ1) is 13.5. The number of rotatable bonds is 7. The highest BCUT2D eigenvalue weighted by Gasteiger charge is 2.13. The maximum Gasteiger partial charge on any atom is 0.224 e. The normalized spacial score (nSPS) is 10.6. The molecule has 0 unspecified atom stereocenters. The quantitative estimate of drug-likeness (QED) is 0.609. The van der Waals surface area contributed by atoms with Crippen molar-refractivity contribution in [2.75, 3.05) is 14.2 Å². The fraction of sp³-hybridized carbons (Fsp3) is 0.238. The summed E-state index contributed by atoms with van der Waals surface area (Å²) >= 11 is 7.80. The molecule has 0 saturated carbocycles. The number of benzene rings is 2. The summed E-state index contributed by atoms with van der Waals surface area (Å²) in [5.74, 6) is 1.17. The Morgan fingerprint density at radius 1 is 1.14 bits per heavy atom. The molecule has 1 aromatic heterocycles. The van der Waals surface area contributed by atoms with Crippen LogP contribution >= 0.6 is 22.9 Å². The van der Waals surface area contributed by atoms with Crippen molar-refractivity contribution in [3.8, 4) is 22.1 Å². The smallest absolute Gasteiger partial charge is 0.224 e. The molecule has 0 atom stereocenters. The second kappa shape index (κ2) is 9.08. The van der Waals surface area contributed by atoms with Crippen molar-refractivity contribution in [2.24, 2.45) is 0 Å². The molecule has 0 aliphatic rings. The van der Waals surface area contributed by atoms with Crippen molar-refractivity contribution in [3.05, 3.63) is 63.6 Å². The highest BCUT2D eigenvalue weighted by Crippen LogP contribution is 2.32. The van der Waals surface area contributed by atoms with Gasteiger partial charge in [-0.15, -0.1) is 11.3 Å². The van der Waals surface area contributed by atoms with E-state index in [1.54, 1.807) is 20.3 Å². The molecule has 7 heteroatoms. The SMILES string of the molecule is COc1ccc(CC(=O)NCc2sc(-c3ccccc3Cl)nc2C)cc1OC. The minimum Gasteiger partial charge on any atom is -0.493 e. The van der Waals surface area contributed by atoms with Crippen molar-refractivity contribution >= 4 is 28.8 Å². The minimum atomic E-state index is -0.0701. The van der Waals surface area contributed by atoms with Crippen LogP contribution in [0.4, 0.5) is 0 Å². The molecule has 0 bridgehead atoms. The maximum absolute atomic E-state index is 12.4. The number of carbonyl (C=O) groups is 1. The van der Waals surface area contributed by atoms with Crippen LogP contribution in [0, 0.1) is 6.92 Å². The summed E-state index contributed by atoms with van der Waals surface area (Å²) in [4.78, 5) is 18.0. The van der Waals surface area contributed by atoms with Crippen LogP contribution in [-0.2, 0) is 17.8 Å². The van der Waals surface area contributed by atoms with E-state index < -0.39 is 0 Å². The van der Waals surface area contributed by atoms with Crippen LogP contribution < -0.4 is 14.8 Å². The maximum atomic E-state index is 12.4. The molecule has 0 aliphatic heterocycles. The third kappa shape index (κ3) is 4.64. The average Bonchev–Trinajstić information content (AvgIpc) is 3.07. The summed E-state index contributed by atoms with van der Waals surface area (Å²) in [5, 5.41) is 4.48. The van der Waals surface area contributed by atoms with E-state index in [4.69, 9.17) is 21.1 Å². The van der Waals surface area contributed by atoms with Gasteiger partial charge in [-0.2, -0.15) is 0 Å². The number of carbonyl (C=O) groups excluding carboxylic acids is 1. The first-order valence-corrected chi connectivity index (χ1v) is 9.90. The fourth-order valence-electron chi connectivity index (χ4n) is 2.76. The molecule has 1 heterocycles. The van der Waals surface area contributed by atoms with Crippen LogP contribution in [0.25, 0.3) is 10.6 Å². The number of nitrogens with one attached hydrogen (secondary N) is 1. The second-order valence-electron chi connectivity index (χ2n) is 6.15. The van der Waals surface area contributed by atoms with Gasteiger partial charge < -0.3 is 14.8 Å². The van der Waals surface area contributed by atoms with Gasteiger partial charge in [0.1, 0.15) is 5.01 Å². The molecule has 146 valence electrons. The van der Waals surface area contributed by atoms with Crippen LogP contribution in [0.3, 0.4) is 0 Å². The number of nitrogens with zero attached hydrogens (tertiary/aromatic N) is 1. The highest BCUT2D eigenvalue weighted by atomic mass is 35.5. The van der Waals surface area contributed by atoms with Crippen LogP contribution in [-0.4, -0.2) is 25.1 Å². The van der Waals surface area contributed by atoms with Crippen molar-refractivity contribution in [1.82, 2.24) is 10.3 Å². The average molecular weight is 417 g/mol. The van der Waals surface area contributed by atoms with Crippen molar-refractivity contribution < 1.29 is 14.3 Å². The number of thiazole rings is 1. The Balaban J connectivity index is 1.65. The van der Waals surface area contributed by atoms with Gasteiger partial charge in [-0.1, -0.05) is 35.9 Å². The van der Waals surface area contributed by atoms with Crippen LogP contribution in [0.5, 0.6) is 11.5 Å². The number of hydrogen-bond donors (Lipinski definition) is 1. The van der Waals surface area contributed by atoms with Crippen LogP contribution in [0.15, 0.2) is 42.5 Å². The number of amides is 1. The number of aryl methyl sites for hydroxylation is 1. The van der Waals surface area contributed by atoms with Crippen LogP contribution in [0.2, 0.25) is 5.02 Å². The van der Waals surface area contributed by atoms with E-state index in [2.05, 4.69) is 10.3 Å². The second-order valence-corrected chi connectivity index (χ2v) is 7.64. The van der Waals surface area contributed by atoms with Crippen molar-refractivity contribution in [3.63, 3.8) is 0 Å². The molecule has 0 aliphatic carbocycles. The Morgan fingerprint density at radius 3 is 2.61 bits per heavy atom. The van der Waals surface area contributed by atoms with E-state index >= 15 is 0 Å². The third-order valence-electron chi connectivity index (χ3n) is 4.26. The Kier molecular flexibility index (Phi) is 6.54. The molecular weight excluding hydrogens is 396 g/mol. The zero-order valence-electron chi connectivity index (χ0n) is 15.9. The summed E-state index contributed by atoms with van der Waals surface area (Å²) in [7, 11) is 3.16. The van der Waals surface area contributed by atoms with Gasteiger partial charge >= 0.3 is 0 Å². The predicted octanol–water partition coefficient (Wildman–Crippen LogP) is 4.65. The zero-order valence-corrected chi connectivity index (χ0v) is 17.5. The van der Waals surface area contributed by atoms with Gasteiger partial charge in [-0.05, 0) is 30.7 Å². The fourth-order valence-corrected chi connectivity index (χ4v) is 4.08. The summed E-state index contributed by atoms with van der Waals surface area (Å²) < 4.78 is 10.5. The molecular formula is C21H21ClN2O3S. The van der Waals surface area contributed by atoms with E-state index in [1.807, 2.05) is 43.3 Å². The molecule has 1 amide bonds. The lowest BCUT2D eigenvalue weighted by molar-refractivity contribution is -0.120. The Hall–Kier alpha value is -2.57. The molecule has 3 aromatic rings. The number of methoxy groups -OCH3 is 2. The van der Waals surface area contributed by atoms with Gasteiger partial charge in [-0.25, -0.2) is 4.98 Å². The van der Waals surface area contributed by atoms with Crippen LogP contribution in [0.1, 0.15) is 16.1 Å². The lowest BCUT2D eigenvalue weighted by Gasteiger charge is -2.09. The largest absolute Gasteiger partial charge is 0.493 e. The zero-order chi connectivity index (χ0) is 20.1. The standard InChI is InChI=1S/C21H21ClN2O3S/c1-13-19(28-21(24-13)15-6-4-5-7-16(15)22)12-23-20(25)11-14-8-9-17(26-2)18(10-14)27-3/h4-10H,11-12H2,1-3H3,(H,23,25). The Labute approximate surface area is 173 Å². The van der Waals surface area contributed by atoms with E-state index in [0.29, 0.717) is 23.1 Å². The number of hydrogen-bond acceptors (Lipinski definition) is 5. The van der Waals surface area contributed by atoms with E-state index in [1.165, 1.54) is 11.3 Å². The molecule has 28 heavy (non-hydrogen) atoms. The predicted molar refractivity (Wildman–Crippen MR) is 112 cm³/mol. The third-order valence-corrected chi connectivity index (χ3v) is 5.78. The summed E-state index contributed by atoms with van der Waals surface area (Å²) in [6, 6.07) is 13.1. The van der Waals surface area contributed by atoms with Gasteiger partial charge in [-0.3, -0.25) is 4.79 Å². The van der Waals surface area contributed by atoms with Gasteiger partial charge in [0.05, 0.1) is 37.9 Å². The van der Waals surface area contributed by atoms with E-state index in [9.17, 15) is 4.79 Å². The summed E-state index contributed by atoms with van der Waals surface area (Å²) in [6.07, 6.45) is 0.260. The molecule has 0 fully saturated rings. The summed E-state index contributed by atoms with van der Waals surface area (Å²) in [6.45, 7) is 2.37. The minimum absolute atomic E-state index is 0.0701. The Morgan fingerprint density at radius 2 is 1.89 bits per heavy atom. The van der Waals surface area contributed by atoms with Gasteiger partial charge in [0.2, 0.25) is 5.91 Å². The van der Waals surface area contributed by atoms with E-state index in [0.717, 1.165) is 26.7 Å². The summed E-state index contributed by atoms with van der Waals surface area (Å²) in [5.41, 5.74) is 2.65. The lowest BCUT2D eigenvalue weighted by Crippen LogP contribution is -2.24. The number of halogens is 1. The number of ether oxygens (including phenoxy) is 2. The van der Waals surface area contributed by atoms with Crippen molar-refractivity contribution in [2.45, 2.75) is 19.9 Å². The molecule has 2 aromatic carbocycles. The molecule has 1 N–H and O–H groups in total. The topological polar surface area (TPSA) is 60.5 Å². The number of aromatic nitrogens is 1. The molecule has 0 saturated heterocycles. The Bertz CT molecular complexity index is 988. The molecule has 3 rings (SSSR count). The van der Waals surface area contributed by atoms with Gasteiger partial charge in [0.15, 0.2) is 11.5 Å². The first kappa shape index (κ1) is 20.2. The lowest BCUT2D eigenvalue weighted by atomic mass is 10.1. The van der Waals surface area contributed by atoms with Gasteiger partial charge in [0, 0.05) is 10.4 Å².